The van der Waals surface area contributed by atoms with Gasteiger partial charge in [0.05, 0.1) is 25.5 Å². The van der Waals surface area contributed by atoms with Crippen LogP contribution in [-0.4, -0.2) is 59.4 Å². The first-order valence-electron chi connectivity index (χ1n) is 13.0. The molecule has 0 radical (unpaired) electrons. The molecule has 7 nitrogen and oxygen atoms in total. The van der Waals surface area contributed by atoms with Crippen molar-refractivity contribution in [2.24, 2.45) is 0 Å². The van der Waals surface area contributed by atoms with Crippen molar-refractivity contribution < 1.29 is 19.1 Å². The van der Waals surface area contributed by atoms with Gasteiger partial charge >= 0.3 is 0 Å². The van der Waals surface area contributed by atoms with Crippen LogP contribution in [0.1, 0.15) is 63.3 Å². The highest BCUT2D eigenvalue weighted by molar-refractivity contribution is 6.01. The number of amides is 2. The molecular formula is C29H35N3O4. The molecule has 1 fully saturated rings. The van der Waals surface area contributed by atoms with Crippen LogP contribution in [0, 0.1) is 0 Å². The minimum Gasteiger partial charge on any atom is -0.490 e. The molecule has 190 valence electrons. The summed E-state index contributed by atoms with van der Waals surface area (Å²) in [4.78, 5) is 34.4. The van der Waals surface area contributed by atoms with E-state index in [-0.39, 0.29) is 24.3 Å². The van der Waals surface area contributed by atoms with Gasteiger partial charge in [-0.2, -0.15) is 0 Å². The molecular weight excluding hydrogens is 454 g/mol. The number of ether oxygens (including phenoxy) is 2. The lowest BCUT2D eigenvalue weighted by Gasteiger charge is -2.51. The third-order valence-corrected chi connectivity index (χ3v) is 7.44. The lowest BCUT2D eigenvalue weighted by atomic mass is 9.76. The van der Waals surface area contributed by atoms with Gasteiger partial charge in [0, 0.05) is 29.9 Å². The van der Waals surface area contributed by atoms with Gasteiger partial charge in [0.2, 0.25) is 5.91 Å². The number of nitrogens with zero attached hydrogens (tertiary/aromatic N) is 2. The number of carbonyl (C=O) groups is 2. The van der Waals surface area contributed by atoms with Gasteiger partial charge in [-0.3, -0.25) is 9.59 Å². The van der Waals surface area contributed by atoms with Crippen LogP contribution in [0.2, 0.25) is 0 Å². The predicted octanol–water partition coefficient (Wildman–Crippen LogP) is 4.80. The number of aromatic amines is 1. The Bertz CT molecular complexity index is 1300. The quantitative estimate of drug-likeness (QED) is 0.493. The summed E-state index contributed by atoms with van der Waals surface area (Å²) in [6.07, 6.45) is 1.72. The third kappa shape index (κ3) is 3.72. The largest absolute Gasteiger partial charge is 0.490 e. The average Bonchev–Trinajstić information content (AvgIpc) is 3.28. The number of hydrogen-bond donors (Lipinski definition) is 1. The SMILES string of the molecule is CCCOc1ccc([C@H]2CN3C(=O)CN(CCC)C(=O)[C@]3(C)c3[nH]c4ccccc4c32)cc1OCC. The summed E-state index contributed by atoms with van der Waals surface area (Å²) in [7, 11) is 0. The molecule has 5 rings (SSSR count). The second-order valence-corrected chi connectivity index (χ2v) is 9.80. The molecule has 2 aliphatic heterocycles. The fourth-order valence-electron chi connectivity index (χ4n) is 5.77. The highest BCUT2D eigenvalue weighted by Crippen LogP contribution is 2.49. The average molecular weight is 490 g/mol. The zero-order chi connectivity index (χ0) is 25.4. The van der Waals surface area contributed by atoms with Crippen LogP contribution >= 0.6 is 0 Å². The molecule has 2 aliphatic rings. The van der Waals surface area contributed by atoms with Crippen molar-refractivity contribution in [3.63, 3.8) is 0 Å². The fraction of sp³-hybridized carbons (Fsp3) is 0.448. The Hall–Kier alpha value is -3.48. The van der Waals surface area contributed by atoms with Crippen LogP contribution in [0.25, 0.3) is 10.9 Å². The molecule has 1 N–H and O–H groups in total. The van der Waals surface area contributed by atoms with Gasteiger partial charge in [-0.1, -0.05) is 38.1 Å². The minimum absolute atomic E-state index is 0.0199. The Balaban J connectivity index is 1.68. The van der Waals surface area contributed by atoms with E-state index >= 15 is 0 Å². The number of H-pyrrole nitrogens is 1. The zero-order valence-corrected chi connectivity index (χ0v) is 21.6. The fourth-order valence-corrected chi connectivity index (χ4v) is 5.77. The van der Waals surface area contributed by atoms with Crippen LogP contribution in [0.15, 0.2) is 42.5 Å². The van der Waals surface area contributed by atoms with Crippen LogP contribution in [0.3, 0.4) is 0 Å². The van der Waals surface area contributed by atoms with E-state index in [0.29, 0.717) is 32.1 Å². The van der Waals surface area contributed by atoms with Crippen LogP contribution in [0.5, 0.6) is 11.5 Å². The number of hydrogen-bond acceptors (Lipinski definition) is 4. The van der Waals surface area contributed by atoms with E-state index in [1.165, 1.54) is 0 Å². The zero-order valence-electron chi connectivity index (χ0n) is 21.6. The van der Waals surface area contributed by atoms with Crippen molar-refractivity contribution in [1.82, 2.24) is 14.8 Å². The molecule has 0 aliphatic carbocycles. The molecule has 2 atom stereocenters. The number of benzene rings is 2. The lowest BCUT2D eigenvalue weighted by Crippen LogP contribution is -2.67. The third-order valence-electron chi connectivity index (χ3n) is 7.44. The van der Waals surface area contributed by atoms with Crippen molar-refractivity contribution in [2.45, 2.75) is 52.0 Å². The van der Waals surface area contributed by atoms with E-state index in [1.807, 2.05) is 51.1 Å². The molecule has 2 amide bonds. The normalized spacial score (nSPS) is 21.5. The second kappa shape index (κ2) is 9.52. The number of rotatable bonds is 8. The molecule has 3 aromatic rings. The summed E-state index contributed by atoms with van der Waals surface area (Å²) >= 11 is 0. The molecule has 0 unspecified atom stereocenters. The van der Waals surface area contributed by atoms with Gasteiger partial charge in [-0.25, -0.2) is 0 Å². The van der Waals surface area contributed by atoms with E-state index < -0.39 is 5.54 Å². The topological polar surface area (TPSA) is 74.9 Å². The van der Waals surface area contributed by atoms with Crippen molar-refractivity contribution in [2.75, 3.05) is 32.8 Å². The van der Waals surface area contributed by atoms with Gasteiger partial charge in [-0.05, 0) is 56.0 Å². The van der Waals surface area contributed by atoms with E-state index in [0.717, 1.165) is 46.3 Å². The Labute approximate surface area is 212 Å². The van der Waals surface area contributed by atoms with Gasteiger partial charge in [-0.15, -0.1) is 0 Å². The van der Waals surface area contributed by atoms with E-state index in [4.69, 9.17) is 9.47 Å². The number of para-hydroxylation sites is 1. The maximum atomic E-state index is 13.9. The predicted molar refractivity (Wildman–Crippen MR) is 139 cm³/mol. The van der Waals surface area contributed by atoms with Gasteiger partial charge in [0.1, 0.15) is 0 Å². The van der Waals surface area contributed by atoms with Crippen LogP contribution < -0.4 is 9.47 Å². The van der Waals surface area contributed by atoms with E-state index in [1.54, 1.807) is 9.80 Å². The molecule has 3 heterocycles. The lowest BCUT2D eigenvalue weighted by molar-refractivity contribution is -0.166. The molecule has 0 saturated carbocycles. The van der Waals surface area contributed by atoms with Crippen LogP contribution in [-0.2, 0) is 15.1 Å². The number of aromatic nitrogens is 1. The summed E-state index contributed by atoms with van der Waals surface area (Å²) < 4.78 is 11.9. The smallest absolute Gasteiger partial charge is 0.254 e. The van der Waals surface area contributed by atoms with E-state index in [2.05, 4.69) is 24.0 Å². The standard InChI is InChI=1S/C29H35N3O4/c1-5-14-31-18-25(33)32-17-21(19-12-13-23(36-15-6-2)24(16-19)35-7-3)26-20-10-8-9-11-22(20)30-27(26)29(32,4)28(31)34/h8-13,16,21,30H,5-7,14-15,17-18H2,1-4H3/t21-,29+/m1/s1. The number of piperazine rings is 1. The Morgan fingerprint density at radius 2 is 1.83 bits per heavy atom. The number of nitrogens with one attached hydrogen (secondary N) is 1. The van der Waals surface area contributed by atoms with Gasteiger partial charge < -0.3 is 24.3 Å². The highest BCUT2D eigenvalue weighted by atomic mass is 16.5. The molecule has 2 aromatic carbocycles. The number of fused-ring (bicyclic) bond motifs is 5. The molecule has 1 saturated heterocycles. The van der Waals surface area contributed by atoms with Crippen molar-refractivity contribution >= 4 is 22.7 Å². The summed E-state index contributed by atoms with van der Waals surface area (Å²) in [6.45, 7) is 10.2. The minimum atomic E-state index is -1.07. The Morgan fingerprint density at radius 3 is 2.58 bits per heavy atom. The van der Waals surface area contributed by atoms with Crippen molar-refractivity contribution in [1.29, 1.82) is 0 Å². The maximum absolute atomic E-state index is 13.9. The molecule has 7 heteroatoms. The Kier molecular flexibility index (Phi) is 6.41. The highest BCUT2D eigenvalue weighted by Gasteiger charge is 2.56. The first-order valence-corrected chi connectivity index (χ1v) is 13.0. The number of carbonyl (C=O) groups excluding carboxylic acids is 2. The summed E-state index contributed by atoms with van der Waals surface area (Å²) in [6, 6.07) is 14.2. The first-order chi connectivity index (χ1) is 17.4. The first kappa shape index (κ1) is 24.2. The summed E-state index contributed by atoms with van der Waals surface area (Å²) in [5.74, 6) is 1.27. The van der Waals surface area contributed by atoms with Gasteiger partial charge in [0.25, 0.3) is 5.91 Å². The Morgan fingerprint density at radius 1 is 1.03 bits per heavy atom. The molecule has 1 aromatic heterocycles. The van der Waals surface area contributed by atoms with Crippen molar-refractivity contribution in [3.8, 4) is 11.5 Å². The molecule has 0 spiro atoms. The van der Waals surface area contributed by atoms with E-state index in [9.17, 15) is 9.59 Å². The van der Waals surface area contributed by atoms with Gasteiger partial charge in [0.15, 0.2) is 17.0 Å². The second-order valence-electron chi connectivity index (χ2n) is 9.80. The van der Waals surface area contributed by atoms with Crippen molar-refractivity contribution in [3.05, 3.63) is 59.3 Å². The summed E-state index contributed by atoms with van der Waals surface area (Å²) in [5.41, 5.74) is 2.82. The summed E-state index contributed by atoms with van der Waals surface area (Å²) in [5, 5.41) is 1.08. The molecule has 36 heavy (non-hydrogen) atoms. The monoisotopic (exact) mass is 489 g/mol. The maximum Gasteiger partial charge on any atom is 0.254 e. The molecule has 0 bridgehead atoms. The van der Waals surface area contributed by atoms with Crippen LogP contribution in [0.4, 0.5) is 0 Å².